The number of likely N-dealkylation sites (N-methyl/N-ethyl adjacent to an activating group) is 1. The molecule has 1 aliphatic heterocycles. The van der Waals surface area contributed by atoms with Crippen LogP contribution in [0.2, 0.25) is 0 Å². The molecule has 5 rings (SSSR count). The van der Waals surface area contributed by atoms with Gasteiger partial charge >= 0.3 is 0 Å². The summed E-state index contributed by atoms with van der Waals surface area (Å²) in [5.74, 6) is 0.295. The van der Waals surface area contributed by atoms with Crippen molar-refractivity contribution in [3.63, 3.8) is 0 Å². The smallest absolute Gasteiger partial charge is 0.265 e. The fourth-order valence-electron chi connectivity index (χ4n) is 4.69. The van der Waals surface area contributed by atoms with Gasteiger partial charge in [-0.25, -0.2) is 4.98 Å². The first-order chi connectivity index (χ1) is 15.5. The lowest BCUT2D eigenvalue weighted by atomic mass is 9.95. The normalized spacial score (nSPS) is 15.4. The maximum atomic E-state index is 13.6. The van der Waals surface area contributed by atoms with Crippen LogP contribution in [-0.4, -0.2) is 22.0 Å². The van der Waals surface area contributed by atoms with Crippen molar-refractivity contribution in [2.45, 2.75) is 33.1 Å². The minimum Gasteiger partial charge on any atom is -0.312 e. The third-order valence-electron chi connectivity index (χ3n) is 6.22. The molecular weight excluding hydrogens is 398 g/mol. The SMILES string of the molecule is CCN1C(=O)[C@@H](Cc2nc3ccccc3c(=O)n2-c2cccc(C)c2)c2cc(C)ccc21. The van der Waals surface area contributed by atoms with E-state index in [0.717, 1.165) is 28.1 Å². The highest BCUT2D eigenvalue weighted by Gasteiger charge is 2.37. The molecule has 160 valence electrons. The molecule has 1 aromatic heterocycles. The van der Waals surface area contributed by atoms with Gasteiger partial charge in [-0.2, -0.15) is 0 Å². The highest BCUT2D eigenvalue weighted by Crippen LogP contribution is 2.39. The Kier molecular flexibility index (Phi) is 4.89. The van der Waals surface area contributed by atoms with E-state index in [0.29, 0.717) is 29.7 Å². The lowest BCUT2D eigenvalue weighted by molar-refractivity contribution is -0.119. The predicted molar refractivity (Wildman–Crippen MR) is 128 cm³/mol. The molecule has 0 unspecified atom stereocenters. The summed E-state index contributed by atoms with van der Waals surface area (Å²) in [5, 5.41) is 0.571. The number of hydrogen-bond acceptors (Lipinski definition) is 3. The zero-order valence-electron chi connectivity index (χ0n) is 18.5. The molecule has 0 saturated carbocycles. The summed E-state index contributed by atoms with van der Waals surface area (Å²) in [5.41, 5.74) is 5.45. The first kappa shape index (κ1) is 20.2. The number of para-hydroxylation sites is 1. The van der Waals surface area contributed by atoms with Crippen molar-refractivity contribution >= 4 is 22.5 Å². The maximum absolute atomic E-state index is 13.6. The van der Waals surface area contributed by atoms with Gasteiger partial charge in [-0.1, -0.05) is 42.0 Å². The van der Waals surface area contributed by atoms with Crippen molar-refractivity contribution in [3.05, 3.63) is 99.6 Å². The van der Waals surface area contributed by atoms with Gasteiger partial charge in [0.1, 0.15) is 5.82 Å². The van der Waals surface area contributed by atoms with E-state index < -0.39 is 0 Å². The number of amides is 1. The van der Waals surface area contributed by atoms with E-state index in [9.17, 15) is 9.59 Å². The van der Waals surface area contributed by atoms with E-state index in [1.807, 2.05) is 80.3 Å². The third-order valence-corrected chi connectivity index (χ3v) is 6.22. The van der Waals surface area contributed by atoms with Crippen LogP contribution in [0.3, 0.4) is 0 Å². The van der Waals surface area contributed by atoms with Crippen LogP contribution >= 0.6 is 0 Å². The molecule has 5 nitrogen and oxygen atoms in total. The molecule has 2 heterocycles. The molecule has 0 saturated heterocycles. The Labute approximate surface area is 187 Å². The Balaban J connectivity index is 1.71. The number of aromatic nitrogens is 2. The van der Waals surface area contributed by atoms with Crippen molar-refractivity contribution in [3.8, 4) is 5.69 Å². The van der Waals surface area contributed by atoms with E-state index in [-0.39, 0.29) is 17.4 Å². The number of carbonyl (C=O) groups excluding carboxylic acids is 1. The summed E-state index contributed by atoms with van der Waals surface area (Å²) in [6, 6.07) is 21.4. The summed E-state index contributed by atoms with van der Waals surface area (Å²) < 4.78 is 1.67. The first-order valence-corrected chi connectivity index (χ1v) is 11.0. The number of aryl methyl sites for hydroxylation is 2. The van der Waals surface area contributed by atoms with Crippen molar-refractivity contribution in [1.29, 1.82) is 0 Å². The largest absolute Gasteiger partial charge is 0.312 e. The number of hydrogen-bond donors (Lipinski definition) is 0. The van der Waals surface area contributed by atoms with Crippen LogP contribution < -0.4 is 10.5 Å². The van der Waals surface area contributed by atoms with Crippen molar-refractivity contribution < 1.29 is 4.79 Å². The molecule has 0 radical (unpaired) electrons. The van der Waals surface area contributed by atoms with Crippen molar-refractivity contribution in [2.75, 3.05) is 11.4 Å². The van der Waals surface area contributed by atoms with Crippen LogP contribution in [0.1, 0.15) is 35.4 Å². The molecule has 1 aliphatic rings. The molecule has 0 aliphatic carbocycles. The highest BCUT2D eigenvalue weighted by molar-refractivity contribution is 6.05. The quantitative estimate of drug-likeness (QED) is 0.478. The lowest BCUT2D eigenvalue weighted by Gasteiger charge is -2.18. The van der Waals surface area contributed by atoms with Gasteiger partial charge in [-0.05, 0) is 62.2 Å². The second-order valence-electron chi connectivity index (χ2n) is 8.43. The van der Waals surface area contributed by atoms with Crippen LogP contribution in [-0.2, 0) is 11.2 Å². The molecule has 5 heteroatoms. The Morgan fingerprint density at radius 2 is 1.69 bits per heavy atom. The fraction of sp³-hybridized carbons (Fsp3) is 0.222. The Hall–Kier alpha value is -3.73. The second-order valence-corrected chi connectivity index (χ2v) is 8.43. The van der Waals surface area contributed by atoms with Gasteiger partial charge in [-0.3, -0.25) is 14.2 Å². The van der Waals surface area contributed by atoms with E-state index in [4.69, 9.17) is 4.98 Å². The maximum Gasteiger partial charge on any atom is 0.265 e. The van der Waals surface area contributed by atoms with E-state index in [1.165, 1.54) is 0 Å². The van der Waals surface area contributed by atoms with Gasteiger partial charge in [0, 0.05) is 18.7 Å². The topological polar surface area (TPSA) is 55.2 Å². The zero-order chi connectivity index (χ0) is 22.4. The fourth-order valence-corrected chi connectivity index (χ4v) is 4.69. The number of anilines is 1. The molecule has 0 bridgehead atoms. The molecule has 4 aromatic rings. The van der Waals surface area contributed by atoms with Crippen LogP contribution in [0.25, 0.3) is 16.6 Å². The van der Waals surface area contributed by atoms with Gasteiger partial charge in [0.2, 0.25) is 5.91 Å². The van der Waals surface area contributed by atoms with Crippen molar-refractivity contribution in [1.82, 2.24) is 9.55 Å². The third kappa shape index (κ3) is 3.21. The standard InChI is InChI=1S/C27H25N3O2/c1-4-29-24-13-12-18(3)15-21(24)22(26(29)31)16-25-28-23-11-6-5-10-20(23)27(32)30(25)19-9-7-8-17(2)14-19/h5-15,22H,4,16H2,1-3H3/t22-/m0/s1. The van der Waals surface area contributed by atoms with E-state index >= 15 is 0 Å². The lowest BCUT2D eigenvalue weighted by Crippen LogP contribution is -2.31. The Bertz CT molecular complexity index is 1420. The number of rotatable bonds is 4. The molecule has 3 aromatic carbocycles. The number of nitrogens with zero attached hydrogens (tertiary/aromatic N) is 3. The monoisotopic (exact) mass is 423 g/mol. The van der Waals surface area contributed by atoms with Gasteiger partial charge < -0.3 is 4.90 Å². The van der Waals surface area contributed by atoms with E-state index in [1.54, 1.807) is 10.6 Å². The zero-order valence-corrected chi connectivity index (χ0v) is 18.5. The van der Waals surface area contributed by atoms with Gasteiger partial charge in [0.15, 0.2) is 0 Å². The van der Waals surface area contributed by atoms with Gasteiger partial charge in [0.25, 0.3) is 5.56 Å². The van der Waals surface area contributed by atoms with Crippen LogP contribution in [0, 0.1) is 13.8 Å². The number of fused-ring (bicyclic) bond motifs is 2. The van der Waals surface area contributed by atoms with Gasteiger partial charge in [-0.15, -0.1) is 0 Å². The van der Waals surface area contributed by atoms with E-state index in [2.05, 4.69) is 6.07 Å². The summed E-state index contributed by atoms with van der Waals surface area (Å²) in [7, 11) is 0. The summed E-state index contributed by atoms with van der Waals surface area (Å²) in [6.45, 7) is 6.64. The average molecular weight is 424 g/mol. The summed E-state index contributed by atoms with van der Waals surface area (Å²) in [6.07, 6.45) is 0.361. The van der Waals surface area contributed by atoms with Crippen LogP contribution in [0.15, 0.2) is 71.5 Å². The molecule has 0 spiro atoms. The molecule has 0 fully saturated rings. The van der Waals surface area contributed by atoms with Crippen LogP contribution in [0.5, 0.6) is 0 Å². The molecule has 1 atom stereocenters. The highest BCUT2D eigenvalue weighted by atomic mass is 16.2. The first-order valence-electron chi connectivity index (χ1n) is 11.0. The molecule has 32 heavy (non-hydrogen) atoms. The predicted octanol–water partition coefficient (Wildman–Crippen LogP) is 4.70. The number of carbonyl (C=O) groups is 1. The molecular formula is C27H25N3O2. The molecule has 1 amide bonds. The summed E-state index contributed by atoms with van der Waals surface area (Å²) in [4.78, 5) is 33.6. The minimum atomic E-state index is -0.367. The van der Waals surface area contributed by atoms with Gasteiger partial charge in [0.05, 0.1) is 22.5 Å². The number of benzene rings is 3. The summed E-state index contributed by atoms with van der Waals surface area (Å²) >= 11 is 0. The second kappa shape index (κ2) is 7.75. The average Bonchev–Trinajstić information content (AvgIpc) is 3.04. The Morgan fingerprint density at radius 1 is 0.906 bits per heavy atom. The Morgan fingerprint density at radius 3 is 2.47 bits per heavy atom. The minimum absolute atomic E-state index is 0.0614. The van der Waals surface area contributed by atoms with Crippen molar-refractivity contribution in [2.24, 2.45) is 0 Å². The molecule has 0 N–H and O–H groups in total. The van der Waals surface area contributed by atoms with Crippen LogP contribution in [0.4, 0.5) is 5.69 Å².